The summed E-state index contributed by atoms with van der Waals surface area (Å²) in [5.74, 6) is -0.170. The van der Waals surface area contributed by atoms with E-state index in [0.29, 0.717) is 16.3 Å². The summed E-state index contributed by atoms with van der Waals surface area (Å²) in [4.78, 5) is 12.3. The number of benzene rings is 2. The van der Waals surface area contributed by atoms with E-state index in [0.717, 1.165) is 27.7 Å². The average molecular weight is 339 g/mol. The Bertz CT molecular complexity index is 983. The number of hydrogen-bond donors (Lipinski definition) is 1. The van der Waals surface area contributed by atoms with Gasteiger partial charge in [-0.1, -0.05) is 11.6 Å². The highest BCUT2D eigenvalue weighted by molar-refractivity contribution is 6.32. The molecule has 5 heteroatoms. The first-order valence-corrected chi connectivity index (χ1v) is 7.82. The molecule has 3 aromatic rings. The molecule has 0 unspecified atom stereocenters. The number of carbonyl (C=O) groups is 1. The third kappa shape index (κ3) is 3.12. The van der Waals surface area contributed by atoms with Gasteiger partial charge in [0.25, 0.3) is 0 Å². The van der Waals surface area contributed by atoms with Gasteiger partial charge in [-0.3, -0.25) is 4.79 Å². The smallest absolute Gasteiger partial charge is 0.228 e. The minimum Gasteiger partial charge on any atom is -0.464 e. The Morgan fingerprint density at radius 2 is 2.00 bits per heavy atom. The first kappa shape index (κ1) is 16.1. The van der Waals surface area contributed by atoms with Crippen LogP contribution in [0.5, 0.6) is 0 Å². The number of nitrogens with zero attached hydrogens (tertiary/aromatic N) is 1. The number of halogens is 1. The van der Waals surface area contributed by atoms with Crippen molar-refractivity contribution >= 4 is 34.2 Å². The second-order valence-corrected chi connectivity index (χ2v) is 6.13. The highest BCUT2D eigenvalue weighted by Crippen LogP contribution is 2.26. The predicted molar refractivity (Wildman–Crippen MR) is 94.2 cm³/mol. The van der Waals surface area contributed by atoms with Gasteiger partial charge >= 0.3 is 0 Å². The molecule has 0 radical (unpaired) electrons. The number of rotatable bonds is 3. The van der Waals surface area contributed by atoms with E-state index in [9.17, 15) is 4.79 Å². The standard InChI is InChI=1S/C19H15ClN2O2/c1-11-5-16-14(10-24-18(16)6-12(11)2)7-19(23)22-15-4-3-13(9-21)17(20)8-15/h3-6,8,10H,7H2,1-2H3,(H,22,23). The molecule has 0 saturated heterocycles. The van der Waals surface area contributed by atoms with Crippen LogP contribution < -0.4 is 5.32 Å². The summed E-state index contributed by atoms with van der Waals surface area (Å²) in [6.45, 7) is 4.06. The number of anilines is 1. The molecule has 0 spiro atoms. The van der Waals surface area contributed by atoms with Gasteiger partial charge in [-0.25, -0.2) is 0 Å². The van der Waals surface area contributed by atoms with Crippen molar-refractivity contribution in [3.63, 3.8) is 0 Å². The molecule has 0 fully saturated rings. The summed E-state index contributed by atoms with van der Waals surface area (Å²) in [5, 5.41) is 12.9. The van der Waals surface area contributed by atoms with Crippen molar-refractivity contribution in [3.8, 4) is 6.07 Å². The summed E-state index contributed by atoms with van der Waals surface area (Å²) in [7, 11) is 0. The maximum Gasteiger partial charge on any atom is 0.228 e. The van der Waals surface area contributed by atoms with Gasteiger partial charge in [0.2, 0.25) is 5.91 Å². The van der Waals surface area contributed by atoms with Gasteiger partial charge in [0.15, 0.2) is 0 Å². The quantitative estimate of drug-likeness (QED) is 0.749. The third-order valence-corrected chi connectivity index (χ3v) is 4.31. The van der Waals surface area contributed by atoms with Gasteiger partial charge in [-0.2, -0.15) is 5.26 Å². The minimum absolute atomic E-state index is 0.170. The molecule has 0 aliphatic rings. The minimum atomic E-state index is -0.170. The van der Waals surface area contributed by atoms with Crippen LogP contribution in [0.3, 0.4) is 0 Å². The fourth-order valence-corrected chi connectivity index (χ4v) is 2.76. The lowest BCUT2D eigenvalue weighted by atomic mass is 10.0. The summed E-state index contributed by atoms with van der Waals surface area (Å²) >= 11 is 5.98. The van der Waals surface area contributed by atoms with Gasteiger partial charge in [-0.05, 0) is 55.3 Å². The Morgan fingerprint density at radius 1 is 1.25 bits per heavy atom. The SMILES string of the molecule is Cc1cc2occ(CC(=O)Nc3ccc(C#N)c(Cl)c3)c2cc1C. The number of hydrogen-bond acceptors (Lipinski definition) is 3. The Morgan fingerprint density at radius 3 is 2.71 bits per heavy atom. The number of nitrogens with one attached hydrogen (secondary N) is 1. The Kier molecular flexibility index (Phi) is 4.28. The van der Waals surface area contributed by atoms with E-state index in [4.69, 9.17) is 21.3 Å². The van der Waals surface area contributed by atoms with E-state index < -0.39 is 0 Å². The molecule has 1 N–H and O–H groups in total. The van der Waals surface area contributed by atoms with E-state index >= 15 is 0 Å². The molecule has 3 rings (SSSR count). The van der Waals surface area contributed by atoms with E-state index in [1.807, 2.05) is 32.0 Å². The van der Waals surface area contributed by atoms with Crippen LogP contribution in [-0.4, -0.2) is 5.91 Å². The van der Waals surface area contributed by atoms with Crippen molar-refractivity contribution < 1.29 is 9.21 Å². The van der Waals surface area contributed by atoms with Crippen molar-refractivity contribution in [2.45, 2.75) is 20.3 Å². The van der Waals surface area contributed by atoms with Crippen molar-refractivity contribution in [2.75, 3.05) is 5.32 Å². The van der Waals surface area contributed by atoms with Crippen LogP contribution in [0.1, 0.15) is 22.3 Å². The van der Waals surface area contributed by atoms with Gasteiger partial charge in [0, 0.05) is 16.6 Å². The maximum absolute atomic E-state index is 12.3. The highest BCUT2D eigenvalue weighted by Gasteiger charge is 2.12. The molecule has 1 aromatic heterocycles. The van der Waals surface area contributed by atoms with E-state index in [1.54, 1.807) is 24.5 Å². The molecular formula is C19H15ClN2O2. The summed E-state index contributed by atoms with van der Waals surface area (Å²) in [6, 6.07) is 10.8. The van der Waals surface area contributed by atoms with Crippen LogP contribution in [0.15, 0.2) is 41.0 Å². The topological polar surface area (TPSA) is 66.0 Å². The third-order valence-electron chi connectivity index (χ3n) is 3.99. The van der Waals surface area contributed by atoms with Crippen molar-refractivity contribution in [3.05, 3.63) is 63.9 Å². The first-order chi connectivity index (χ1) is 11.5. The molecule has 0 saturated carbocycles. The van der Waals surface area contributed by atoms with Crippen molar-refractivity contribution in [2.24, 2.45) is 0 Å². The largest absolute Gasteiger partial charge is 0.464 e. The van der Waals surface area contributed by atoms with Crippen LogP contribution in [0.25, 0.3) is 11.0 Å². The molecule has 0 bridgehead atoms. The Hall–Kier alpha value is -2.77. The second kappa shape index (κ2) is 6.38. The highest BCUT2D eigenvalue weighted by atomic mass is 35.5. The number of nitriles is 1. The van der Waals surface area contributed by atoms with Crippen LogP contribution in [-0.2, 0) is 11.2 Å². The Balaban J connectivity index is 1.79. The number of furan rings is 1. The van der Waals surface area contributed by atoms with Crippen LogP contribution in [0.2, 0.25) is 5.02 Å². The first-order valence-electron chi connectivity index (χ1n) is 7.45. The summed E-state index contributed by atoms with van der Waals surface area (Å²) < 4.78 is 5.55. The van der Waals surface area contributed by atoms with Gasteiger partial charge in [0.05, 0.1) is 23.3 Å². The van der Waals surface area contributed by atoms with Crippen LogP contribution >= 0.6 is 11.6 Å². The number of carbonyl (C=O) groups excluding carboxylic acids is 1. The Labute approximate surface area is 144 Å². The molecule has 1 heterocycles. The molecule has 2 aromatic carbocycles. The molecular weight excluding hydrogens is 324 g/mol. The maximum atomic E-state index is 12.3. The van der Waals surface area contributed by atoms with Crippen LogP contribution in [0, 0.1) is 25.2 Å². The zero-order valence-electron chi connectivity index (χ0n) is 13.3. The van der Waals surface area contributed by atoms with E-state index in [1.165, 1.54) is 0 Å². The summed E-state index contributed by atoms with van der Waals surface area (Å²) in [6.07, 6.45) is 1.82. The monoisotopic (exact) mass is 338 g/mol. The van der Waals surface area contributed by atoms with E-state index in [2.05, 4.69) is 5.32 Å². The van der Waals surface area contributed by atoms with E-state index in [-0.39, 0.29) is 12.3 Å². The van der Waals surface area contributed by atoms with Crippen molar-refractivity contribution in [1.82, 2.24) is 0 Å². The van der Waals surface area contributed by atoms with Crippen LogP contribution in [0.4, 0.5) is 5.69 Å². The zero-order valence-corrected chi connectivity index (χ0v) is 14.1. The van der Waals surface area contributed by atoms with Gasteiger partial charge in [0.1, 0.15) is 11.7 Å². The number of fused-ring (bicyclic) bond motifs is 1. The molecule has 24 heavy (non-hydrogen) atoms. The molecule has 0 atom stereocenters. The normalized spacial score (nSPS) is 10.6. The molecule has 4 nitrogen and oxygen atoms in total. The predicted octanol–water partition coefficient (Wildman–Crippen LogP) is 4.76. The zero-order chi connectivity index (χ0) is 17.3. The molecule has 0 aliphatic heterocycles. The van der Waals surface area contributed by atoms with Crippen molar-refractivity contribution in [1.29, 1.82) is 5.26 Å². The fourth-order valence-electron chi connectivity index (χ4n) is 2.53. The number of amides is 1. The van der Waals surface area contributed by atoms with Gasteiger partial charge in [-0.15, -0.1) is 0 Å². The van der Waals surface area contributed by atoms with Gasteiger partial charge < -0.3 is 9.73 Å². The molecule has 1 amide bonds. The lowest BCUT2D eigenvalue weighted by Gasteiger charge is -2.06. The summed E-state index contributed by atoms with van der Waals surface area (Å²) in [5.41, 5.74) is 4.86. The lowest BCUT2D eigenvalue weighted by Crippen LogP contribution is -2.14. The fraction of sp³-hybridized carbons (Fsp3) is 0.158. The second-order valence-electron chi connectivity index (χ2n) is 5.72. The average Bonchev–Trinajstić information content (AvgIpc) is 2.90. The molecule has 120 valence electrons. The lowest BCUT2D eigenvalue weighted by molar-refractivity contribution is -0.115. The molecule has 0 aliphatic carbocycles. The number of aryl methyl sites for hydroxylation is 2.